The molecule has 0 saturated heterocycles. The number of carbonyl (C=O) groups excluding carboxylic acids is 1. The number of halogens is 5. The first-order chi connectivity index (χ1) is 17.0. The zero-order valence-corrected chi connectivity index (χ0v) is 19.3. The molecular formula is C24H19ClF4N4O3. The SMILES string of the molecule is O=C(NC12CC(c3ccc(-n4cnc(C(F)(F)F)c4)nc3)(C1)C2)[C@H]1C[C@@H](O)c2cc(Cl)c(F)cc2O1. The summed E-state index contributed by atoms with van der Waals surface area (Å²) in [7, 11) is 0. The van der Waals surface area contributed by atoms with E-state index >= 15 is 0 Å². The maximum absolute atomic E-state index is 13.8. The second kappa shape index (κ2) is 7.66. The molecule has 12 heteroatoms. The third-order valence-corrected chi connectivity index (χ3v) is 7.62. The molecule has 1 amide bonds. The van der Waals surface area contributed by atoms with E-state index in [1.807, 2.05) is 6.07 Å². The number of alkyl halides is 3. The third kappa shape index (κ3) is 3.64. The number of benzene rings is 1. The van der Waals surface area contributed by atoms with Crippen LogP contribution in [0.3, 0.4) is 0 Å². The molecule has 2 atom stereocenters. The van der Waals surface area contributed by atoms with Crippen LogP contribution in [-0.4, -0.2) is 37.2 Å². The number of hydrogen-bond donors (Lipinski definition) is 2. The van der Waals surface area contributed by atoms with E-state index in [4.69, 9.17) is 16.3 Å². The molecule has 3 aliphatic carbocycles. The molecular weight excluding hydrogens is 504 g/mol. The highest BCUT2D eigenvalue weighted by Gasteiger charge is 2.69. The molecule has 3 aromatic rings. The van der Waals surface area contributed by atoms with E-state index < -0.39 is 29.9 Å². The van der Waals surface area contributed by atoms with Crippen molar-refractivity contribution in [2.45, 2.75) is 55.0 Å². The average molecular weight is 523 g/mol. The van der Waals surface area contributed by atoms with Crippen molar-refractivity contribution in [3.05, 3.63) is 70.6 Å². The van der Waals surface area contributed by atoms with Crippen LogP contribution < -0.4 is 10.1 Å². The quantitative estimate of drug-likeness (QED) is 0.500. The number of aliphatic hydroxyl groups excluding tert-OH is 1. The van der Waals surface area contributed by atoms with Crippen molar-refractivity contribution in [1.82, 2.24) is 19.9 Å². The van der Waals surface area contributed by atoms with Crippen molar-refractivity contribution < 1.29 is 32.2 Å². The number of ether oxygens (including phenoxy) is 1. The molecule has 3 saturated carbocycles. The fraction of sp³-hybridized carbons (Fsp3) is 0.375. The second-order valence-electron chi connectivity index (χ2n) is 9.81. The summed E-state index contributed by atoms with van der Waals surface area (Å²) in [6.45, 7) is 0. The molecule has 7 nitrogen and oxygen atoms in total. The summed E-state index contributed by atoms with van der Waals surface area (Å²) in [5, 5.41) is 13.3. The molecule has 0 unspecified atom stereocenters. The van der Waals surface area contributed by atoms with Crippen LogP contribution in [0, 0.1) is 5.82 Å². The van der Waals surface area contributed by atoms with Gasteiger partial charge in [-0.1, -0.05) is 17.7 Å². The van der Waals surface area contributed by atoms with Crippen LogP contribution >= 0.6 is 11.6 Å². The number of pyridine rings is 1. The van der Waals surface area contributed by atoms with Crippen molar-refractivity contribution in [3.8, 4) is 11.6 Å². The number of rotatable bonds is 4. The molecule has 4 aliphatic rings. The second-order valence-corrected chi connectivity index (χ2v) is 10.2. The number of hydrogen-bond acceptors (Lipinski definition) is 5. The molecule has 1 aliphatic heterocycles. The lowest BCUT2D eigenvalue weighted by molar-refractivity contribution is -0.146. The van der Waals surface area contributed by atoms with Crippen LogP contribution in [0.1, 0.15) is 48.6 Å². The number of fused-ring (bicyclic) bond motifs is 1. The lowest BCUT2D eigenvalue weighted by Crippen LogP contribution is -2.77. The first-order valence-electron chi connectivity index (χ1n) is 11.2. The van der Waals surface area contributed by atoms with Gasteiger partial charge in [0.25, 0.3) is 5.91 Å². The number of imidazole rings is 1. The molecule has 7 rings (SSSR count). The molecule has 3 heterocycles. The van der Waals surface area contributed by atoms with Crippen LogP contribution in [0.15, 0.2) is 43.0 Å². The van der Waals surface area contributed by atoms with Gasteiger partial charge in [-0.15, -0.1) is 0 Å². The minimum atomic E-state index is -4.52. The Balaban J connectivity index is 1.09. The molecule has 0 radical (unpaired) electrons. The number of nitrogens with one attached hydrogen (secondary N) is 1. The topological polar surface area (TPSA) is 89.3 Å². The van der Waals surface area contributed by atoms with Crippen LogP contribution in [-0.2, 0) is 16.4 Å². The Bertz CT molecular complexity index is 1350. The van der Waals surface area contributed by atoms with Crippen molar-refractivity contribution in [2.24, 2.45) is 0 Å². The zero-order valence-electron chi connectivity index (χ0n) is 18.5. The average Bonchev–Trinajstić information content (AvgIpc) is 3.27. The molecule has 36 heavy (non-hydrogen) atoms. The Hall–Kier alpha value is -3.18. The van der Waals surface area contributed by atoms with E-state index in [1.165, 1.54) is 10.6 Å². The Labute approximate surface area is 207 Å². The van der Waals surface area contributed by atoms with E-state index in [9.17, 15) is 27.5 Å². The van der Waals surface area contributed by atoms with Crippen molar-refractivity contribution in [3.63, 3.8) is 0 Å². The molecule has 2 aromatic heterocycles. The summed E-state index contributed by atoms with van der Waals surface area (Å²) < 4.78 is 59.1. The number of nitrogens with zero attached hydrogens (tertiary/aromatic N) is 3. The van der Waals surface area contributed by atoms with Gasteiger partial charge in [-0.3, -0.25) is 9.36 Å². The van der Waals surface area contributed by atoms with Crippen LogP contribution in [0.25, 0.3) is 5.82 Å². The Morgan fingerprint density at radius 2 is 1.97 bits per heavy atom. The molecule has 188 valence electrons. The van der Waals surface area contributed by atoms with E-state index in [0.717, 1.165) is 24.2 Å². The fourth-order valence-corrected chi connectivity index (χ4v) is 5.79. The van der Waals surface area contributed by atoms with E-state index in [2.05, 4.69) is 15.3 Å². The lowest BCUT2D eigenvalue weighted by Gasteiger charge is -2.71. The van der Waals surface area contributed by atoms with Crippen molar-refractivity contribution in [2.75, 3.05) is 0 Å². The van der Waals surface area contributed by atoms with Gasteiger partial charge >= 0.3 is 6.18 Å². The van der Waals surface area contributed by atoms with Crippen LogP contribution in [0.4, 0.5) is 17.6 Å². The Morgan fingerprint density at radius 3 is 2.61 bits per heavy atom. The van der Waals surface area contributed by atoms with Crippen molar-refractivity contribution >= 4 is 17.5 Å². The minimum Gasteiger partial charge on any atom is -0.480 e. The van der Waals surface area contributed by atoms with Gasteiger partial charge in [0.1, 0.15) is 23.7 Å². The van der Waals surface area contributed by atoms with Crippen LogP contribution in [0.2, 0.25) is 5.02 Å². The van der Waals surface area contributed by atoms with Crippen molar-refractivity contribution in [1.29, 1.82) is 0 Å². The molecule has 1 aromatic carbocycles. The number of carbonyl (C=O) groups is 1. The van der Waals surface area contributed by atoms with Gasteiger partial charge in [0.2, 0.25) is 0 Å². The zero-order chi connectivity index (χ0) is 25.5. The summed E-state index contributed by atoms with van der Waals surface area (Å²) in [6.07, 6.45) is -0.803. The van der Waals surface area contributed by atoms with Gasteiger partial charge in [0, 0.05) is 41.4 Å². The van der Waals surface area contributed by atoms with Gasteiger partial charge in [-0.2, -0.15) is 13.2 Å². The summed E-state index contributed by atoms with van der Waals surface area (Å²) in [4.78, 5) is 20.6. The highest BCUT2D eigenvalue weighted by Crippen LogP contribution is 2.67. The number of amides is 1. The maximum atomic E-state index is 13.8. The van der Waals surface area contributed by atoms with Gasteiger partial charge in [0.15, 0.2) is 11.8 Å². The Kier molecular flexibility index (Phi) is 4.94. The van der Waals surface area contributed by atoms with Gasteiger partial charge < -0.3 is 15.2 Å². The molecule has 3 fully saturated rings. The maximum Gasteiger partial charge on any atom is 0.434 e. The third-order valence-electron chi connectivity index (χ3n) is 7.33. The minimum absolute atomic E-state index is 0.0255. The molecule has 2 bridgehead atoms. The first-order valence-corrected chi connectivity index (χ1v) is 11.6. The highest BCUT2D eigenvalue weighted by atomic mass is 35.5. The summed E-state index contributed by atoms with van der Waals surface area (Å²) in [5.74, 6) is -0.658. The summed E-state index contributed by atoms with van der Waals surface area (Å²) in [5.41, 5.74) is -0.232. The molecule has 0 spiro atoms. The summed E-state index contributed by atoms with van der Waals surface area (Å²) >= 11 is 5.78. The van der Waals surface area contributed by atoms with Crippen LogP contribution in [0.5, 0.6) is 5.75 Å². The Morgan fingerprint density at radius 1 is 1.22 bits per heavy atom. The summed E-state index contributed by atoms with van der Waals surface area (Å²) in [6, 6.07) is 5.85. The fourth-order valence-electron chi connectivity index (χ4n) is 5.61. The smallest absolute Gasteiger partial charge is 0.434 e. The van der Waals surface area contributed by atoms with Gasteiger partial charge in [0.05, 0.1) is 11.1 Å². The normalized spacial score (nSPS) is 28.4. The highest BCUT2D eigenvalue weighted by molar-refractivity contribution is 6.30. The predicted octanol–water partition coefficient (Wildman–Crippen LogP) is 4.25. The van der Waals surface area contributed by atoms with E-state index in [0.29, 0.717) is 30.6 Å². The first kappa shape index (κ1) is 23.2. The molecule has 2 N–H and O–H groups in total. The predicted molar refractivity (Wildman–Crippen MR) is 118 cm³/mol. The lowest BCUT2D eigenvalue weighted by atomic mass is 9.37. The standard InChI is InChI=1S/C24H19ClF4N4O3/c25-14-3-13-16(34)5-18(36-17(13)4-15(14)26)21(35)32-23-8-22(9-23,10-23)12-1-2-20(30-6-12)33-7-19(31-11-33)24(27,28)29/h1-4,6-7,11,16,18,34H,5,8-10H2,(H,32,35)/t16-,18-,22?,23?/m1/s1. The van der Waals surface area contributed by atoms with E-state index in [-0.39, 0.29) is 34.1 Å². The van der Waals surface area contributed by atoms with E-state index in [1.54, 1.807) is 12.3 Å². The monoisotopic (exact) mass is 522 g/mol. The largest absolute Gasteiger partial charge is 0.480 e. The van der Waals surface area contributed by atoms with Gasteiger partial charge in [-0.05, 0) is 37.0 Å². The van der Waals surface area contributed by atoms with Gasteiger partial charge in [-0.25, -0.2) is 14.4 Å². The number of aliphatic hydroxyl groups is 1. The number of aromatic nitrogens is 3.